The van der Waals surface area contributed by atoms with Gasteiger partial charge in [-0.3, -0.25) is 9.78 Å². The quantitative estimate of drug-likeness (QED) is 0.101. The van der Waals surface area contributed by atoms with Crippen LogP contribution in [0.25, 0.3) is 10.9 Å². The van der Waals surface area contributed by atoms with Crippen molar-refractivity contribution in [3.63, 3.8) is 0 Å². The molecule has 1 aromatic heterocycles. The number of halogens is 4. The summed E-state index contributed by atoms with van der Waals surface area (Å²) in [5, 5.41) is 3.31. The second-order valence-electron chi connectivity index (χ2n) is 12.6. The molecule has 0 aliphatic carbocycles. The molecule has 1 atom stereocenters. The molecule has 14 heteroatoms. The van der Waals surface area contributed by atoms with Crippen LogP contribution in [0.1, 0.15) is 31.9 Å². The van der Waals surface area contributed by atoms with Crippen LogP contribution in [0.15, 0.2) is 112 Å². The Bertz CT molecular complexity index is 2020. The van der Waals surface area contributed by atoms with Crippen LogP contribution in [-0.4, -0.2) is 42.8 Å². The van der Waals surface area contributed by atoms with E-state index in [0.717, 1.165) is 27.7 Å². The van der Waals surface area contributed by atoms with E-state index in [4.69, 9.17) is 20.8 Å². The number of aromatic amines is 2. The summed E-state index contributed by atoms with van der Waals surface area (Å²) in [5.74, 6) is -0.0659. The lowest BCUT2D eigenvalue weighted by Crippen LogP contribution is -2.67. The fraction of sp³-hybridized carbons (Fsp3) is 0.250. The molecule has 0 radical (unpaired) electrons. The predicted octanol–water partition coefficient (Wildman–Crippen LogP) is 6.85. The average molecular weight is 742 g/mol. The molecule has 5 rings (SSSR count). The van der Waals surface area contributed by atoms with Crippen molar-refractivity contribution in [1.29, 1.82) is 0 Å². The van der Waals surface area contributed by atoms with E-state index in [2.05, 4.69) is 31.1 Å². The average Bonchev–Trinajstić information content (AvgIpc) is 3.07. The van der Waals surface area contributed by atoms with Crippen molar-refractivity contribution in [2.24, 2.45) is 0 Å². The Morgan fingerprint density at radius 1 is 0.900 bits per heavy atom. The number of fused-ring (bicyclic) bond motifs is 1. The highest BCUT2D eigenvalue weighted by Gasteiger charge is 2.50. The molecule has 0 spiro atoms. The zero-order valence-electron chi connectivity index (χ0n) is 27.4. The monoisotopic (exact) mass is 741 g/mol. The first-order valence-corrected chi connectivity index (χ1v) is 18.9. The highest BCUT2D eigenvalue weighted by molar-refractivity contribution is 7.99. The molecule has 262 valence electrons. The number of rotatable bonds is 11. The van der Waals surface area contributed by atoms with Gasteiger partial charge in [-0.2, -0.15) is 13.2 Å². The van der Waals surface area contributed by atoms with Crippen LogP contribution in [0, 0.1) is 0 Å². The number of benzene rings is 4. The van der Waals surface area contributed by atoms with Crippen LogP contribution in [0.5, 0.6) is 0 Å². The van der Waals surface area contributed by atoms with Gasteiger partial charge in [0.05, 0.1) is 39.0 Å². The standard InChI is InChI=1S/C36H35ClF3N3O5SSi/c1-35(2,3)50(25-15-9-5-10-16-25,26-17-11-6-12-18-26)48-21-24(41-34(46)47-20-23-13-7-4-8-14-23)22-49-31-29(37)28(36(38,39)40)19-27-30(31)42-33(45)43-32(27)44/h4-19,24H,20-22H2,1-3H3,(H,41,46)(H2,42,43,44,45)/t24-/m0/s1. The van der Waals surface area contributed by atoms with E-state index in [1.54, 1.807) is 12.1 Å². The van der Waals surface area contributed by atoms with Gasteiger partial charge in [0.15, 0.2) is 0 Å². The summed E-state index contributed by atoms with van der Waals surface area (Å²) in [6, 6.07) is 28.5. The van der Waals surface area contributed by atoms with Gasteiger partial charge in [-0.15, -0.1) is 11.8 Å². The van der Waals surface area contributed by atoms with Crippen molar-refractivity contribution >= 4 is 59.0 Å². The lowest BCUT2D eigenvalue weighted by Gasteiger charge is -2.43. The lowest BCUT2D eigenvalue weighted by molar-refractivity contribution is -0.137. The third kappa shape index (κ3) is 8.18. The largest absolute Gasteiger partial charge is 0.445 e. The van der Waals surface area contributed by atoms with E-state index in [9.17, 15) is 27.6 Å². The molecule has 5 aromatic rings. The molecule has 50 heavy (non-hydrogen) atoms. The summed E-state index contributed by atoms with van der Waals surface area (Å²) < 4.78 is 54.8. The fourth-order valence-electron chi connectivity index (χ4n) is 5.83. The van der Waals surface area contributed by atoms with E-state index in [1.807, 2.05) is 83.8 Å². The summed E-state index contributed by atoms with van der Waals surface area (Å²) in [5.41, 5.74) is -2.54. The Hall–Kier alpha value is -4.30. The third-order valence-corrected chi connectivity index (χ3v) is 14.9. The molecule has 3 N–H and O–H groups in total. The lowest BCUT2D eigenvalue weighted by atomic mass is 10.1. The first kappa shape index (κ1) is 37.0. The van der Waals surface area contributed by atoms with Crippen LogP contribution in [0.3, 0.4) is 0 Å². The van der Waals surface area contributed by atoms with Gasteiger partial charge in [-0.05, 0) is 27.0 Å². The van der Waals surface area contributed by atoms with Gasteiger partial charge >= 0.3 is 18.0 Å². The number of aromatic nitrogens is 2. The molecule has 8 nitrogen and oxygen atoms in total. The van der Waals surface area contributed by atoms with E-state index in [0.29, 0.717) is 6.07 Å². The molecular formula is C36H35ClF3N3O5SSi. The zero-order valence-corrected chi connectivity index (χ0v) is 30.0. The molecule has 0 fully saturated rings. The summed E-state index contributed by atoms with van der Waals surface area (Å²) in [6.45, 7) is 6.19. The van der Waals surface area contributed by atoms with Gasteiger partial charge in [-0.1, -0.05) is 123 Å². The number of ether oxygens (including phenoxy) is 1. The topological polar surface area (TPSA) is 113 Å². The first-order valence-electron chi connectivity index (χ1n) is 15.6. The molecule has 0 saturated heterocycles. The Kier molecular flexibility index (Phi) is 11.3. The van der Waals surface area contributed by atoms with Crippen molar-refractivity contribution in [1.82, 2.24) is 15.3 Å². The van der Waals surface area contributed by atoms with Crippen molar-refractivity contribution in [3.8, 4) is 0 Å². The SMILES string of the molecule is CC(C)(C)[Si](OC[C@@H](CSc1c(Cl)c(C(F)(F)F)cc2c(=O)[nH]c(=O)[nH]c12)NC(=O)OCc1ccccc1)(c1ccccc1)c1ccccc1. The molecule has 1 heterocycles. The Morgan fingerprint density at radius 2 is 1.46 bits per heavy atom. The number of carbonyl (C=O) groups is 1. The summed E-state index contributed by atoms with van der Waals surface area (Å²) >= 11 is 7.19. The summed E-state index contributed by atoms with van der Waals surface area (Å²) in [7, 11) is -3.12. The molecular weight excluding hydrogens is 707 g/mol. The maximum Gasteiger partial charge on any atom is 0.417 e. The minimum Gasteiger partial charge on any atom is -0.445 e. The van der Waals surface area contributed by atoms with Gasteiger partial charge in [0, 0.05) is 5.75 Å². The highest BCUT2D eigenvalue weighted by atomic mass is 35.5. The van der Waals surface area contributed by atoms with Gasteiger partial charge in [-0.25, -0.2) is 9.59 Å². The molecule has 4 aromatic carbocycles. The number of hydrogen-bond acceptors (Lipinski definition) is 6. The van der Waals surface area contributed by atoms with Crippen LogP contribution in [-0.2, 0) is 21.9 Å². The highest BCUT2D eigenvalue weighted by Crippen LogP contribution is 2.43. The molecule has 0 unspecified atom stereocenters. The molecule has 0 saturated carbocycles. The maximum atomic E-state index is 14.1. The zero-order chi connectivity index (χ0) is 36.1. The van der Waals surface area contributed by atoms with Gasteiger partial charge in [0.1, 0.15) is 6.61 Å². The minimum atomic E-state index is -4.89. The van der Waals surface area contributed by atoms with E-state index in [-0.39, 0.29) is 34.8 Å². The van der Waals surface area contributed by atoms with E-state index >= 15 is 0 Å². The van der Waals surface area contributed by atoms with Crippen LogP contribution < -0.4 is 26.9 Å². The van der Waals surface area contributed by atoms with Crippen LogP contribution in [0.2, 0.25) is 10.1 Å². The maximum absolute atomic E-state index is 14.1. The normalized spacial score (nSPS) is 12.9. The Morgan fingerprint density at radius 3 is 2.00 bits per heavy atom. The second-order valence-corrected chi connectivity index (χ2v) is 18.3. The first-order chi connectivity index (χ1) is 23.7. The van der Waals surface area contributed by atoms with Crippen molar-refractivity contribution in [2.75, 3.05) is 12.4 Å². The predicted molar refractivity (Wildman–Crippen MR) is 193 cm³/mol. The molecule has 0 aliphatic rings. The second kappa shape index (κ2) is 15.3. The van der Waals surface area contributed by atoms with Gasteiger partial charge < -0.3 is 19.5 Å². The number of H-pyrrole nitrogens is 2. The number of nitrogens with one attached hydrogen (secondary N) is 3. The number of hydrogen-bond donors (Lipinski definition) is 3. The van der Waals surface area contributed by atoms with Crippen molar-refractivity contribution in [3.05, 3.63) is 134 Å². The van der Waals surface area contributed by atoms with Crippen molar-refractivity contribution < 1.29 is 27.1 Å². The third-order valence-electron chi connectivity index (χ3n) is 8.12. The number of carbonyl (C=O) groups excluding carboxylic acids is 1. The van der Waals surface area contributed by atoms with E-state index < -0.39 is 53.5 Å². The molecule has 0 aliphatic heterocycles. The smallest absolute Gasteiger partial charge is 0.417 e. The van der Waals surface area contributed by atoms with Gasteiger partial charge in [0.25, 0.3) is 13.9 Å². The molecule has 0 bridgehead atoms. The number of thioether (sulfide) groups is 1. The van der Waals surface area contributed by atoms with Crippen LogP contribution in [0.4, 0.5) is 18.0 Å². The van der Waals surface area contributed by atoms with Crippen molar-refractivity contribution in [2.45, 2.75) is 49.5 Å². The Labute approximate surface area is 296 Å². The number of alkyl halides is 3. The Balaban J connectivity index is 1.54. The summed E-state index contributed by atoms with van der Waals surface area (Å²) in [6.07, 6.45) is -5.66. The number of alkyl carbamates (subject to hydrolysis) is 1. The molecule has 1 amide bonds. The van der Waals surface area contributed by atoms with E-state index in [1.165, 1.54) is 0 Å². The minimum absolute atomic E-state index is 0.0176. The van der Waals surface area contributed by atoms with Gasteiger partial charge in [0.2, 0.25) is 0 Å². The number of amides is 1. The fourth-order valence-corrected chi connectivity index (χ4v) is 11.9. The van der Waals surface area contributed by atoms with Crippen LogP contribution >= 0.6 is 23.4 Å². The summed E-state index contributed by atoms with van der Waals surface area (Å²) in [4.78, 5) is 42.2.